The second-order valence-electron chi connectivity index (χ2n) is 7.41. The lowest BCUT2D eigenvalue weighted by atomic mass is 10.2. The minimum atomic E-state index is -0.265. The maximum absolute atomic E-state index is 13.2. The molecular formula is C25H19Br2Cl2N3O3. The number of benzene rings is 3. The zero-order chi connectivity index (χ0) is 25.1. The largest absolute Gasteiger partial charge is 0.493 e. The highest BCUT2D eigenvalue weighted by Crippen LogP contribution is 2.42. The zero-order valence-electron chi connectivity index (χ0n) is 18.7. The summed E-state index contributed by atoms with van der Waals surface area (Å²) < 4.78 is 14.1. The molecule has 4 rings (SSSR count). The number of halogens is 4. The van der Waals surface area contributed by atoms with E-state index in [2.05, 4.69) is 41.9 Å². The van der Waals surface area contributed by atoms with E-state index in [-0.39, 0.29) is 12.2 Å². The number of fused-ring (bicyclic) bond motifs is 1. The van der Waals surface area contributed by atoms with Crippen LogP contribution in [0.4, 0.5) is 0 Å². The minimum Gasteiger partial charge on any atom is -0.493 e. The number of methoxy groups -OCH3 is 1. The van der Waals surface area contributed by atoms with Crippen molar-refractivity contribution in [2.75, 3.05) is 7.11 Å². The molecular weight excluding hydrogens is 621 g/mol. The van der Waals surface area contributed by atoms with Gasteiger partial charge in [-0.3, -0.25) is 4.79 Å². The van der Waals surface area contributed by atoms with Crippen molar-refractivity contribution < 1.29 is 9.47 Å². The summed E-state index contributed by atoms with van der Waals surface area (Å²) in [5, 5.41) is 5.81. The van der Waals surface area contributed by atoms with Crippen LogP contribution in [0.25, 0.3) is 10.9 Å². The van der Waals surface area contributed by atoms with E-state index in [9.17, 15) is 4.79 Å². The molecule has 0 aliphatic carbocycles. The molecule has 0 saturated heterocycles. The van der Waals surface area contributed by atoms with Crippen LogP contribution < -0.4 is 15.0 Å². The third kappa shape index (κ3) is 5.40. The Balaban J connectivity index is 1.72. The van der Waals surface area contributed by atoms with Crippen LogP contribution in [0.5, 0.6) is 11.5 Å². The van der Waals surface area contributed by atoms with Crippen molar-refractivity contribution in [1.29, 1.82) is 0 Å². The molecule has 0 atom stereocenters. The summed E-state index contributed by atoms with van der Waals surface area (Å²) in [4.78, 5) is 17.7. The smallest absolute Gasteiger partial charge is 0.282 e. The molecule has 0 saturated carbocycles. The van der Waals surface area contributed by atoms with Crippen LogP contribution in [0.3, 0.4) is 0 Å². The molecule has 0 aliphatic heterocycles. The molecule has 3 aromatic carbocycles. The van der Waals surface area contributed by atoms with Gasteiger partial charge in [0.2, 0.25) is 0 Å². The zero-order valence-corrected chi connectivity index (χ0v) is 23.4. The highest BCUT2D eigenvalue weighted by atomic mass is 79.9. The molecule has 6 nitrogen and oxygen atoms in total. The van der Waals surface area contributed by atoms with Crippen LogP contribution in [0.2, 0.25) is 10.0 Å². The Kier molecular flexibility index (Phi) is 8.16. The molecule has 0 fully saturated rings. The molecule has 1 aromatic heterocycles. The summed E-state index contributed by atoms with van der Waals surface area (Å²) in [5.74, 6) is 1.31. The van der Waals surface area contributed by atoms with Crippen LogP contribution in [0.1, 0.15) is 23.9 Å². The number of ether oxygens (including phenoxy) is 2. The monoisotopic (exact) mass is 637 g/mol. The van der Waals surface area contributed by atoms with Crippen molar-refractivity contribution >= 4 is 72.2 Å². The second kappa shape index (κ2) is 11.1. The molecule has 0 bridgehead atoms. The van der Waals surface area contributed by atoms with Gasteiger partial charge in [-0.25, -0.2) is 4.98 Å². The molecule has 0 amide bonds. The summed E-state index contributed by atoms with van der Waals surface area (Å²) in [5.41, 5.74) is 1.77. The van der Waals surface area contributed by atoms with Gasteiger partial charge in [-0.05, 0) is 46.3 Å². The summed E-state index contributed by atoms with van der Waals surface area (Å²) in [6.07, 6.45) is 2.06. The maximum atomic E-state index is 13.2. The third-order valence-electron chi connectivity index (χ3n) is 5.21. The Bertz CT molecular complexity index is 1510. The molecule has 1 heterocycles. The van der Waals surface area contributed by atoms with Gasteiger partial charge < -0.3 is 9.47 Å². The van der Waals surface area contributed by atoms with Crippen molar-refractivity contribution in [3.63, 3.8) is 0 Å². The van der Waals surface area contributed by atoms with Crippen molar-refractivity contribution in [1.82, 2.24) is 9.66 Å². The van der Waals surface area contributed by atoms with Gasteiger partial charge in [0.15, 0.2) is 11.5 Å². The fourth-order valence-electron chi connectivity index (χ4n) is 3.41. The quantitative estimate of drug-likeness (QED) is 0.200. The minimum absolute atomic E-state index is 0.212. The van der Waals surface area contributed by atoms with E-state index in [1.807, 2.05) is 31.2 Å². The normalized spacial score (nSPS) is 11.4. The van der Waals surface area contributed by atoms with E-state index in [4.69, 9.17) is 32.7 Å². The lowest BCUT2D eigenvalue weighted by Crippen LogP contribution is -2.22. The number of hydrogen-bond acceptors (Lipinski definition) is 5. The average molecular weight is 640 g/mol. The molecule has 35 heavy (non-hydrogen) atoms. The molecule has 0 spiro atoms. The summed E-state index contributed by atoms with van der Waals surface area (Å²) in [6, 6.07) is 14.5. The first-order chi connectivity index (χ1) is 16.8. The van der Waals surface area contributed by atoms with E-state index < -0.39 is 0 Å². The number of aryl methyl sites for hydroxylation is 1. The Labute approximate surface area is 228 Å². The van der Waals surface area contributed by atoms with E-state index in [0.29, 0.717) is 54.7 Å². The van der Waals surface area contributed by atoms with Crippen LogP contribution in [-0.2, 0) is 13.0 Å². The average Bonchev–Trinajstić information content (AvgIpc) is 2.86. The van der Waals surface area contributed by atoms with Crippen LogP contribution in [0.15, 0.2) is 67.4 Å². The molecule has 0 aliphatic rings. The van der Waals surface area contributed by atoms with Gasteiger partial charge in [-0.2, -0.15) is 9.78 Å². The standard InChI is InChI=1S/C25H19Br2Cl2N3O3/c1-3-21-31-19-9-8-16(26)11-17(19)25(33)32(21)30-12-15-10-20(34-2)24(23(29)22(15)27)35-13-14-6-4-5-7-18(14)28/h4-12H,3,13H2,1-2H3. The number of nitrogens with zero attached hydrogens (tertiary/aromatic N) is 3. The second-order valence-corrected chi connectivity index (χ2v) is 9.90. The van der Waals surface area contributed by atoms with Gasteiger partial charge in [0.1, 0.15) is 17.5 Å². The molecule has 10 heteroatoms. The third-order valence-corrected chi connectivity index (χ3v) is 7.51. The van der Waals surface area contributed by atoms with Crippen molar-refractivity contribution in [3.05, 3.63) is 94.8 Å². The predicted octanol–water partition coefficient (Wildman–Crippen LogP) is 7.26. The SMILES string of the molecule is CCc1nc2ccc(Br)cc2c(=O)n1N=Cc1cc(OC)c(OCc2ccccc2Cl)c(Cl)c1Br. The Hall–Kier alpha value is -2.39. The van der Waals surface area contributed by atoms with Gasteiger partial charge >= 0.3 is 0 Å². The summed E-state index contributed by atoms with van der Waals surface area (Å²) >= 11 is 19.8. The molecule has 0 N–H and O–H groups in total. The Morgan fingerprint density at radius 3 is 2.63 bits per heavy atom. The molecule has 0 radical (unpaired) electrons. The molecule has 0 unspecified atom stereocenters. The molecule has 4 aromatic rings. The van der Waals surface area contributed by atoms with Crippen LogP contribution >= 0.6 is 55.1 Å². The van der Waals surface area contributed by atoms with Crippen molar-refractivity contribution in [3.8, 4) is 11.5 Å². The van der Waals surface area contributed by atoms with Crippen molar-refractivity contribution in [2.45, 2.75) is 20.0 Å². The van der Waals surface area contributed by atoms with E-state index in [1.54, 1.807) is 24.3 Å². The first-order valence-electron chi connectivity index (χ1n) is 10.5. The van der Waals surface area contributed by atoms with Crippen LogP contribution in [-0.4, -0.2) is 23.0 Å². The molecule has 180 valence electrons. The topological polar surface area (TPSA) is 65.7 Å². The first-order valence-corrected chi connectivity index (χ1v) is 12.9. The van der Waals surface area contributed by atoms with Gasteiger partial charge in [-0.15, -0.1) is 0 Å². The number of hydrogen-bond donors (Lipinski definition) is 0. The van der Waals surface area contributed by atoms with Crippen molar-refractivity contribution in [2.24, 2.45) is 5.10 Å². The van der Waals surface area contributed by atoms with E-state index >= 15 is 0 Å². The van der Waals surface area contributed by atoms with Gasteiger partial charge in [0, 0.05) is 31.5 Å². The lowest BCUT2D eigenvalue weighted by molar-refractivity contribution is 0.284. The fraction of sp³-hybridized carbons (Fsp3) is 0.160. The summed E-state index contributed by atoms with van der Waals surface area (Å²) in [7, 11) is 1.52. The number of rotatable bonds is 7. The number of aromatic nitrogens is 2. The van der Waals surface area contributed by atoms with Crippen LogP contribution in [0, 0.1) is 0 Å². The fourth-order valence-corrected chi connectivity index (χ4v) is 4.62. The highest BCUT2D eigenvalue weighted by molar-refractivity contribution is 9.10. The lowest BCUT2D eigenvalue weighted by Gasteiger charge is -2.15. The summed E-state index contributed by atoms with van der Waals surface area (Å²) in [6.45, 7) is 2.13. The highest BCUT2D eigenvalue weighted by Gasteiger charge is 2.18. The van der Waals surface area contributed by atoms with Gasteiger partial charge in [0.25, 0.3) is 5.56 Å². The predicted molar refractivity (Wildman–Crippen MR) is 148 cm³/mol. The van der Waals surface area contributed by atoms with E-state index in [1.165, 1.54) is 18.0 Å². The van der Waals surface area contributed by atoms with E-state index in [0.717, 1.165) is 10.0 Å². The Morgan fingerprint density at radius 2 is 1.91 bits per heavy atom. The Morgan fingerprint density at radius 1 is 1.14 bits per heavy atom. The van der Waals surface area contributed by atoms with Gasteiger partial charge in [-0.1, -0.05) is 64.3 Å². The maximum Gasteiger partial charge on any atom is 0.282 e. The van der Waals surface area contributed by atoms with Gasteiger partial charge in [0.05, 0.1) is 24.2 Å². The first kappa shape index (κ1) is 25.7.